The molecule has 22 heavy (non-hydrogen) atoms. The van der Waals surface area contributed by atoms with E-state index in [-0.39, 0.29) is 23.5 Å². The molecular weight excluding hydrogens is 278 g/mol. The number of ether oxygens (including phenoxy) is 1. The Hall–Kier alpha value is -1.06. The van der Waals surface area contributed by atoms with Gasteiger partial charge in [-0.1, -0.05) is 47.0 Å². The van der Waals surface area contributed by atoms with E-state index in [9.17, 15) is 9.59 Å². The van der Waals surface area contributed by atoms with Crippen LogP contribution in [0, 0.1) is 11.3 Å². The normalized spacial score (nSPS) is 21.5. The largest absolute Gasteiger partial charge is 0.461 e. The monoisotopic (exact) mass is 311 g/mol. The molecular formula is C18H33NO3. The van der Waals surface area contributed by atoms with E-state index >= 15 is 0 Å². The summed E-state index contributed by atoms with van der Waals surface area (Å²) in [7, 11) is 0. The van der Waals surface area contributed by atoms with E-state index in [2.05, 4.69) is 27.7 Å². The fourth-order valence-corrected chi connectivity index (χ4v) is 3.36. The second-order valence-electron chi connectivity index (χ2n) is 7.31. The summed E-state index contributed by atoms with van der Waals surface area (Å²) in [6, 6.07) is -0.372. The summed E-state index contributed by atoms with van der Waals surface area (Å²) >= 11 is 0. The number of hydrogen-bond acceptors (Lipinski definition) is 3. The molecule has 1 aliphatic heterocycles. The Labute approximate surface area is 135 Å². The maximum absolute atomic E-state index is 12.3. The molecule has 1 aliphatic rings. The van der Waals surface area contributed by atoms with Crippen LogP contribution in [0.15, 0.2) is 0 Å². The van der Waals surface area contributed by atoms with Crippen LogP contribution < -0.4 is 0 Å². The second kappa shape index (κ2) is 8.54. The van der Waals surface area contributed by atoms with E-state index in [0.29, 0.717) is 12.5 Å². The fourth-order valence-electron chi connectivity index (χ4n) is 3.36. The molecule has 0 aliphatic carbocycles. The summed E-state index contributed by atoms with van der Waals surface area (Å²) in [6.07, 6.45) is 6.61. The summed E-state index contributed by atoms with van der Waals surface area (Å²) in [5.41, 5.74) is 0.263. The highest BCUT2D eigenvalue weighted by Gasteiger charge is 2.33. The van der Waals surface area contributed by atoms with Crippen LogP contribution in [0.5, 0.6) is 0 Å². The molecule has 3 unspecified atom stereocenters. The van der Waals surface area contributed by atoms with Gasteiger partial charge in [-0.15, -0.1) is 0 Å². The zero-order valence-electron chi connectivity index (χ0n) is 14.9. The SMILES string of the molecule is CCCC(CC(C)OC(=O)C1CCCN1C=O)C(C)(C)CC. The third-order valence-electron chi connectivity index (χ3n) is 5.29. The summed E-state index contributed by atoms with van der Waals surface area (Å²) in [4.78, 5) is 24.8. The molecule has 1 fully saturated rings. The minimum absolute atomic E-state index is 0.0935. The Kier molecular flexibility index (Phi) is 7.37. The van der Waals surface area contributed by atoms with E-state index < -0.39 is 0 Å². The molecule has 128 valence electrons. The van der Waals surface area contributed by atoms with Gasteiger partial charge >= 0.3 is 5.97 Å². The van der Waals surface area contributed by atoms with Gasteiger partial charge < -0.3 is 9.64 Å². The van der Waals surface area contributed by atoms with Crippen LogP contribution in [0.4, 0.5) is 0 Å². The van der Waals surface area contributed by atoms with Gasteiger partial charge in [0.25, 0.3) is 0 Å². The third kappa shape index (κ3) is 4.99. The second-order valence-corrected chi connectivity index (χ2v) is 7.31. The number of rotatable bonds is 9. The van der Waals surface area contributed by atoms with Gasteiger partial charge in [0.1, 0.15) is 6.04 Å². The lowest BCUT2D eigenvalue weighted by molar-refractivity contribution is -0.156. The van der Waals surface area contributed by atoms with E-state index in [1.807, 2.05) is 6.92 Å². The van der Waals surface area contributed by atoms with Gasteiger partial charge in [0.05, 0.1) is 6.10 Å². The smallest absolute Gasteiger partial charge is 0.329 e. The number of amides is 1. The molecule has 1 saturated heterocycles. The Balaban J connectivity index is 2.57. The zero-order valence-corrected chi connectivity index (χ0v) is 14.9. The van der Waals surface area contributed by atoms with Crippen LogP contribution in [0.3, 0.4) is 0 Å². The molecule has 0 N–H and O–H groups in total. The summed E-state index contributed by atoms with van der Waals surface area (Å²) in [5.74, 6) is 0.317. The summed E-state index contributed by atoms with van der Waals surface area (Å²) in [6.45, 7) is 11.7. The molecule has 0 spiro atoms. The standard InChI is InChI=1S/C18H33NO3/c1-6-9-15(18(4,5)7-2)12-14(3)22-17(21)16-10-8-11-19(16)13-20/h13-16H,6-12H2,1-5H3. The number of hydrogen-bond donors (Lipinski definition) is 0. The molecule has 0 saturated carbocycles. The maximum atomic E-state index is 12.3. The van der Waals surface area contributed by atoms with Crippen molar-refractivity contribution >= 4 is 12.4 Å². The lowest BCUT2D eigenvalue weighted by Crippen LogP contribution is -2.38. The molecule has 0 aromatic heterocycles. The summed E-state index contributed by atoms with van der Waals surface area (Å²) in [5, 5.41) is 0. The number of nitrogens with zero attached hydrogens (tertiary/aromatic N) is 1. The van der Waals surface area contributed by atoms with Gasteiger partial charge in [0.2, 0.25) is 6.41 Å². The van der Waals surface area contributed by atoms with Crippen LogP contribution in [0.25, 0.3) is 0 Å². The van der Waals surface area contributed by atoms with Crippen LogP contribution >= 0.6 is 0 Å². The molecule has 1 heterocycles. The molecule has 4 nitrogen and oxygen atoms in total. The third-order valence-corrected chi connectivity index (χ3v) is 5.29. The van der Waals surface area contributed by atoms with Gasteiger partial charge in [-0.25, -0.2) is 4.79 Å². The lowest BCUT2D eigenvalue weighted by Gasteiger charge is -2.35. The molecule has 0 aromatic rings. The first-order valence-corrected chi connectivity index (χ1v) is 8.77. The van der Waals surface area contributed by atoms with Crippen molar-refractivity contribution in [2.45, 2.75) is 85.3 Å². The minimum atomic E-state index is -0.372. The molecule has 1 amide bonds. The maximum Gasteiger partial charge on any atom is 0.329 e. The topological polar surface area (TPSA) is 46.6 Å². The Morgan fingerprint density at radius 3 is 2.64 bits per heavy atom. The molecule has 3 atom stereocenters. The van der Waals surface area contributed by atoms with Crippen molar-refractivity contribution in [3.63, 3.8) is 0 Å². The molecule has 4 heteroatoms. The lowest BCUT2D eigenvalue weighted by atomic mass is 9.72. The van der Waals surface area contributed by atoms with Gasteiger partial charge in [-0.2, -0.15) is 0 Å². The summed E-state index contributed by atoms with van der Waals surface area (Å²) < 4.78 is 5.64. The van der Waals surface area contributed by atoms with E-state index in [4.69, 9.17) is 4.74 Å². The number of esters is 1. The van der Waals surface area contributed by atoms with Gasteiger partial charge in [0, 0.05) is 6.54 Å². The first kappa shape index (κ1) is 19.0. The highest BCUT2D eigenvalue weighted by Crippen LogP contribution is 2.37. The Bertz CT molecular complexity index is 367. The highest BCUT2D eigenvalue weighted by molar-refractivity contribution is 5.78. The van der Waals surface area contributed by atoms with E-state index in [1.165, 1.54) is 0 Å². The predicted octanol–water partition coefficient (Wildman–Crippen LogP) is 3.78. The highest BCUT2D eigenvalue weighted by atomic mass is 16.5. The van der Waals surface area contributed by atoms with Gasteiger partial charge in [0.15, 0.2) is 0 Å². The average molecular weight is 311 g/mol. The van der Waals surface area contributed by atoms with Crippen LogP contribution in [0.1, 0.15) is 73.1 Å². The molecule has 0 bridgehead atoms. The van der Waals surface area contributed by atoms with E-state index in [0.717, 1.165) is 44.9 Å². The fraction of sp³-hybridized carbons (Fsp3) is 0.889. The van der Waals surface area contributed by atoms with Crippen molar-refractivity contribution in [3.05, 3.63) is 0 Å². The van der Waals surface area contributed by atoms with Crippen LogP contribution in [-0.2, 0) is 14.3 Å². The quantitative estimate of drug-likeness (QED) is 0.481. The van der Waals surface area contributed by atoms with Crippen molar-refractivity contribution in [1.82, 2.24) is 4.90 Å². The molecule has 0 aromatic carbocycles. The van der Waals surface area contributed by atoms with Crippen molar-refractivity contribution in [1.29, 1.82) is 0 Å². The first-order valence-electron chi connectivity index (χ1n) is 8.77. The zero-order chi connectivity index (χ0) is 16.8. The number of carbonyl (C=O) groups is 2. The Morgan fingerprint density at radius 2 is 2.09 bits per heavy atom. The molecule has 1 rings (SSSR count). The molecule has 0 radical (unpaired) electrons. The first-order chi connectivity index (χ1) is 10.4. The van der Waals surface area contributed by atoms with Crippen molar-refractivity contribution < 1.29 is 14.3 Å². The van der Waals surface area contributed by atoms with E-state index in [1.54, 1.807) is 4.90 Å². The Morgan fingerprint density at radius 1 is 1.41 bits per heavy atom. The van der Waals surface area contributed by atoms with Crippen LogP contribution in [-0.4, -0.2) is 36.0 Å². The predicted molar refractivity (Wildman–Crippen MR) is 88.4 cm³/mol. The van der Waals surface area contributed by atoms with Crippen molar-refractivity contribution in [2.24, 2.45) is 11.3 Å². The number of carbonyl (C=O) groups excluding carboxylic acids is 2. The minimum Gasteiger partial charge on any atom is -0.461 e. The number of likely N-dealkylation sites (tertiary alicyclic amines) is 1. The van der Waals surface area contributed by atoms with Crippen molar-refractivity contribution in [3.8, 4) is 0 Å². The van der Waals surface area contributed by atoms with Gasteiger partial charge in [-0.05, 0) is 37.5 Å². The van der Waals surface area contributed by atoms with Crippen molar-refractivity contribution in [2.75, 3.05) is 6.54 Å². The average Bonchev–Trinajstić information content (AvgIpc) is 2.95. The van der Waals surface area contributed by atoms with Gasteiger partial charge in [-0.3, -0.25) is 4.79 Å². The van der Waals surface area contributed by atoms with Crippen LogP contribution in [0.2, 0.25) is 0 Å².